The van der Waals surface area contributed by atoms with Gasteiger partial charge in [-0.1, -0.05) is 20.8 Å². The number of hydrogen-bond donors (Lipinski definition) is 1. The minimum absolute atomic E-state index is 0.0665. The van der Waals surface area contributed by atoms with Gasteiger partial charge in [0.25, 0.3) is 0 Å². The van der Waals surface area contributed by atoms with E-state index in [1.54, 1.807) is 4.90 Å². The number of aliphatic hydroxyl groups is 1. The van der Waals surface area contributed by atoms with Crippen LogP contribution in [0.25, 0.3) is 0 Å². The molecule has 0 bridgehead atoms. The first-order valence-corrected chi connectivity index (χ1v) is 15.9. The van der Waals surface area contributed by atoms with E-state index in [1.165, 1.54) is 44.9 Å². The summed E-state index contributed by atoms with van der Waals surface area (Å²) >= 11 is 0. The van der Waals surface area contributed by atoms with E-state index >= 15 is 0 Å². The van der Waals surface area contributed by atoms with Crippen LogP contribution in [0.2, 0.25) is 0 Å². The number of amides is 2. The third-order valence-electron chi connectivity index (χ3n) is 12.4. The molecule has 1 heterocycles. The van der Waals surface area contributed by atoms with Crippen molar-refractivity contribution >= 4 is 12.0 Å². The molecule has 2 amide bonds. The summed E-state index contributed by atoms with van der Waals surface area (Å²) in [4.78, 5) is 28.9. The maximum Gasteiger partial charge on any atom is 0.410 e. The van der Waals surface area contributed by atoms with Crippen molar-refractivity contribution in [2.45, 2.75) is 117 Å². The first-order chi connectivity index (χ1) is 18.0. The molecule has 5 fully saturated rings. The number of fused-ring (bicyclic) bond motifs is 5. The van der Waals surface area contributed by atoms with E-state index in [4.69, 9.17) is 4.74 Å². The summed E-state index contributed by atoms with van der Waals surface area (Å²) in [6, 6.07) is 0. The average Bonchev–Trinajstić information content (AvgIpc) is 3.24. The summed E-state index contributed by atoms with van der Waals surface area (Å²) in [5, 5.41) is 10.3. The van der Waals surface area contributed by atoms with E-state index in [-0.39, 0.29) is 24.2 Å². The number of carbonyl (C=O) groups excluding carboxylic acids is 2. The Kier molecular flexibility index (Phi) is 8.12. The van der Waals surface area contributed by atoms with Gasteiger partial charge in [-0.05, 0) is 124 Å². The molecule has 6 nitrogen and oxygen atoms in total. The van der Waals surface area contributed by atoms with E-state index < -0.39 is 0 Å². The van der Waals surface area contributed by atoms with Crippen molar-refractivity contribution in [2.75, 3.05) is 26.2 Å². The highest BCUT2D eigenvalue weighted by atomic mass is 16.6. The van der Waals surface area contributed by atoms with Gasteiger partial charge >= 0.3 is 6.09 Å². The molecule has 5 rings (SSSR count). The molecule has 1 N–H and O–H groups in total. The third kappa shape index (κ3) is 5.12. The van der Waals surface area contributed by atoms with Crippen LogP contribution in [0.4, 0.5) is 4.79 Å². The minimum atomic E-state index is -0.261. The van der Waals surface area contributed by atoms with Crippen molar-refractivity contribution in [1.29, 1.82) is 0 Å². The summed E-state index contributed by atoms with van der Waals surface area (Å²) in [7, 11) is 0. The molecule has 4 aliphatic carbocycles. The van der Waals surface area contributed by atoms with Gasteiger partial charge in [-0.15, -0.1) is 0 Å². The Balaban J connectivity index is 1.14. The van der Waals surface area contributed by atoms with Gasteiger partial charge in [-0.2, -0.15) is 0 Å². The molecular weight excluding hydrogens is 476 g/mol. The highest BCUT2D eigenvalue weighted by Crippen LogP contribution is 2.68. The topological polar surface area (TPSA) is 70.1 Å². The van der Waals surface area contributed by atoms with Crippen LogP contribution in [0.1, 0.15) is 105 Å². The number of aliphatic hydroxyl groups excluding tert-OH is 1. The second-order valence-corrected chi connectivity index (χ2v) is 14.6. The van der Waals surface area contributed by atoms with Crippen molar-refractivity contribution in [3.05, 3.63) is 0 Å². The summed E-state index contributed by atoms with van der Waals surface area (Å²) < 4.78 is 5.32. The molecule has 216 valence electrons. The molecule has 38 heavy (non-hydrogen) atoms. The minimum Gasteiger partial charge on any atom is -0.447 e. The number of ether oxygens (including phenoxy) is 1. The van der Waals surface area contributed by atoms with E-state index in [0.29, 0.717) is 49.3 Å². The van der Waals surface area contributed by atoms with Crippen LogP contribution in [0.15, 0.2) is 0 Å². The Hall–Kier alpha value is -1.30. The molecule has 5 aliphatic rings. The zero-order valence-electron chi connectivity index (χ0n) is 24.8. The summed E-state index contributed by atoms with van der Waals surface area (Å²) in [6.45, 7) is 13.7. The van der Waals surface area contributed by atoms with Crippen LogP contribution >= 0.6 is 0 Å². The van der Waals surface area contributed by atoms with Crippen LogP contribution in [-0.2, 0) is 9.53 Å². The fraction of sp³-hybridized carbons (Fsp3) is 0.938. The molecular formula is C32H54N2O4. The number of piperazine rings is 1. The lowest BCUT2D eigenvalue weighted by molar-refractivity contribution is -0.134. The first kappa shape index (κ1) is 28.2. The highest BCUT2D eigenvalue weighted by molar-refractivity contribution is 5.76. The fourth-order valence-electron chi connectivity index (χ4n) is 10.3. The van der Waals surface area contributed by atoms with Gasteiger partial charge in [-0.25, -0.2) is 4.79 Å². The Labute approximate surface area is 231 Å². The van der Waals surface area contributed by atoms with Gasteiger partial charge in [0.15, 0.2) is 0 Å². The Morgan fingerprint density at radius 2 is 1.53 bits per heavy atom. The summed E-state index contributed by atoms with van der Waals surface area (Å²) in [5.41, 5.74) is 0.860. The van der Waals surface area contributed by atoms with Crippen molar-refractivity contribution in [3.63, 3.8) is 0 Å². The molecule has 0 spiro atoms. The Bertz CT molecular complexity index is 870. The molecule has 9 atom stereocenters. The van der Waals surface area contributed by atoms with Crippen LogP contribution in [-0.4, -0.2) is 65.3 Å². The van der Waals surface area contributed by atoms with Crippen LogP contribution in [0.5, 0.6) is 0 Å². The second kappa shape index (κ2) is 10.9. The lowest BCUT2D eigenvalue weighted by atomic mass is 9.44. The van der Waals surface area contributed by atoms with Gasteiger partial charge in [0.2, 0.25) is 5.91 Å². The SMILES string of the molecule is CC(C)OC(=O)N1CCN(C(=O)CCC(C)[C@H]2CC[C@H]3[C@@H]4CC[C@H]5C[C@@H](O)CC[C@]5(C)[C@H]4CC[C@]23C)CC1. The normalized spacial score (nSPS) is 41.8. The van der Waals surface area contributed by atoms with Crippen LogP contribution in [0, 0.1) is 46.3 Å². The highest BCUT2D eigenvalue weighted by Gasteiger charge is 2.60. The maximum absolute atomic E-state index is 13.1. The van der Waals surface area contributed by atoms with E-state index in [2.05, 4.69) is 20.8 Å². The standard InChI is InChI=1S/C32H54N2O4/c1-21(2)38-30(37)34-18-16-33(17-19-34)29(36)11-6-22(3)26-9-10-27-25-8-7-23-20-24(35)12-14-31(23,4)28(25)13-15-32(26,27)5/h21-28,35H,6-20H2,1-5H3/t22?,23-,24-,25-,26+,27-,28-,31-,32+/m0/s1. The molecule has 0 aromatic carbocycles. The van der Waals surface area contributed by atoms with E-state index in [1.807, 2.05) is 18.7 Å². The zero-order valence-corrected chi connectivity index (χ0v) is 24.8. The number of nitrogens with zero attached hydrogens (tertiary/aromatic N) is 2. The quantitative estimate of drug-likeness (QED) is 0.465. The number of rotatable bonds is 5. The van der Waals surface area contributed by atoms with Gasteiger partial charge in [0.1, 0.15) is 0 Å². The lowest BCUT2D eigenvalue weighted by Crippen LogP contribution is -2.54. The monoisotopic (exact) mass is 530 g/mol. The van der Waals surface area contributed by atoms with Crippen molar-refractivity contribution < 1.29 is 19.4 Å². The molecule has 4 saturated carbocycles. The predicted octanol–water partition coefficient (Wildman–Crippen LogP) is 6.11. The van der Waals surface area contributed by atoms with Gasteiger partial charge in [0, 0.05) is 32.6 Å². The van der Waals surface area contributed by atoms with E-state index in [0.717, 1.165) is 48.9 Å². The Morgan fingerprint density at radius 1 is 0.868 bits per heavy atom. The first-order valence-electron chi connectivity index (χ1n) is 15.9. The molecule has 0 radical (unpaired) electrons. The molecule has 0 aromatic heterocycles. The van der Waals surface area contributed by atoms with Crippen molar-refractivity contribution in [1.82, 2.24) is 9.80 Å². The van der Waals surface area contributed by atoms with Gasteiger partial charge < -0.3 is 19.6 Å². The average molecular weight is 531 g/mol. The number of hydrogen-bond acceptors (Lipinski definition) is 4. The molecule has 6 heteroatoms. The largest absolute Gasteiger partial charge is 0.447 e. The zero-order chi connectivity index (χ0) is 27.2. The smallest absolute Gasteiger partial charge is 0.410 e. The van der Waals surface area contributed by atoms with E-state index in [9.17, 15) is 14.7 Å². The second-order valence-electron chi connectivity index (χ2n) is 14.6. The lowest BCUT2D eigenvalue weighted by Gasteiger charge is -2.61. The Morgan fingerprint density at radius 3 is 2.24 bits per heavy atom. The van der Waals surface area contributed by atoms with Crippen LogP contribution < -0.4 is 0 Å². The van der Waals surface area contributed by atoms with Crippen molar-refractivity contribution in [3.8, 4) is 0 Å². The maximum atomic E-state index is 13.1. The molecule has 1 saturated heterocycles. The fourth-order valence-corrected chi connectivity index (χ4v) is 10.3. The molecule has 1 aliphatic heterocycles. The van der Waals surface area contributed by atoms with Crippen LogP contribution in [0.3, 0.4) is 0 Å². The summed E-state index contributed by atoms with van der Waals surface area (Å²) in [5.74, 6) is 4.83. The van der Waals surface area contributed by atoms with Gasteiger partial charge in [0.05, 0.1) is 12.2 Å². The molecule has 0 aromatic rings. The third-order valence-corrected chi connectivity index (χ3v) is 12.4. The van der Waals surface area contributed by atoms with Gasteiger partial charge in [-0.3, -0.25) is 4.79 Å². The summed E-state index contributed by atoms with van der Waals surface area (Å²) in [6.07, 6.45) is 12.5. The van der Waals surface area contributed by atoms with Crippen molar-refractivity contribution in [2.24, 2.45) is 46.3 Å². The molecule has 1 unspecified atom stereocenters. The predicted molar refractivity (Wildman–Crippen MR) is 149 cm³/mol. The number of carbonyl (C=O) groups is 2.